The quantitative estimate of drug-likeness (QED) is 0.642. The molecule has 5 heteroatoms. The summed E-state index contributed by atoms with van der Waals surface area (Å²) in [5.74, 6) is -1.01. The number of hydrogen-bond donors (Lipinski definition) is 2. The topological polar surface area (TPSA) is 61.1 Å². The Morgan fingerprint density at radius 3 is 2.71 bits per heavy atom. The Balaban J connectivity index is 3.41. The summed E-state index contributed by atoms with van der Waals surface area (Å²) in [6.45, 7) is 0. The summed E-state index contributed by atoms with van der Waals surface area (Å²) in [5.41, 5.74) is 1.13. The zero-order chi connectivity index (χ0) is 10.7. The maximum absolute atomic E-state index is 10.8. The van der Waals surface area contributed by atoms with E-state index < -0.39 is 5.97 Å². The van der Waals surface area contributed by atoms with Crippen molar-refractivity contribution in [3.63, 3.8) is 0 Å². The van der Waals surface area contributed by atoms with E-state index in [-0.39, 0.29) is 5.56 Å². The van der Waals surface area contributed by atoms with Crippen LogP contribution in [0.2, 0.25) is 0 Å². The standard InChI is InChI=1S/C9H6BrNO2S/c10-3-5-1-6(4-11)8(14)2-7(5)9(12)13/h1-2,14H,3H2,(H,12,13). The lowest BCUT2D eigenvalue weighted by Gasteiger charge is -2.04. The minimum atomic E-state index is -1.01. The fourth-order valence-electron chi connectivity index (χ4n) is 1.03. The smallest absolute Gasteiger partial charge is 0.336 e. The first-order valence-corrected chi connectivity index (χ1v) is 5.22. The first-order chi connectivity index (χ1) is 6.60. The second kappa shape index (κ2) is 4.49. The molecule has 1 aromatic carbocycles. The molecule has 0 aliphatic carbocycles. The number of rotatable bonds is 2. The van der Waals surface area contributed by atoms with Gasteiger partial charge < -0.3 is 5.11 Å². The SMILES string of the molecule is N#Cc1cc(CBr)c(C(=O)O)cc1S. The number of benzene rings is 1. The number of carbonyl (C=O) groups is 1. The van der Waals surface area contributed by atoms with Gasteiger partial charge >= 0.3 is 5.97 Å². The fraction of sp³-hybridized carbons (Fsp3) is 0.111. The van der Waals surface area contributed by atoms with Crippen LogP contribution in [-0.2, 0) is 5.33 Å². The van der Waals surface area contributed by atoms with Crippen LogP contribution in [0.1, 0.15) is 21.5 Å². The largest absolute Gasteiger partial charge is 0.478 e. The second-order valence-electron chi connectivity index (χ2n) is 2.58. The monoisotopic (exact) mass is 271 g/mol. The molecule has 0 bridgehead atoms. The van der Waals surface area contributed by atoms with Crippen LogP contribution in [0, 0.1) is 11.3 Å². The van der Waals surface area contributed by atoms with Crippen molar-refractivity contribution < 1.29 is 9.90 Å². The lowest BCUT2D eigenvalue weighted by atomic mass is 10.1. The summed E-state index contributed by atoms with van der Waals surface area (Å²) in [5, 5.41) is 18.0. The Bertz CT molecular complexity index is 426. The number of carboxylic acids is 1. The summed E-state index contributed by atoms with van der Waals surface area (Å²) in [7, 11) is 0. The first kappa shape index (κ1) is 11.1. The minimum absolute atomic E-state index is 0.172. The van der Waals surface area contributed by atoms with E-state index >= 15 is 0 Å². The Kier molecular flexibility index (Phi) is 3.55. The van der Waals surface area contributed by atoms with Gasteiger partial charge in [-0.25, -0.2) is 4.79 Å². The van der Waals surface area contributed by atoms with Crippen molar-refractivity contribution in [2.24, 2.45) is 0 Å². The fourth-order valence-corrected chi connectivity index (χ4v) is 1.74. The third-order valence-electron chi connectivity index (χ3n) is 1.72. The average molecular weight is 272 g/mol. The van der Waals surface area contributed by atoms with E-state index in [2.05, 4.69) is 28.6 Å². The molecule has 0 aromatic heterocycles. The van der Waals surface area contributed by atoms with E-state index in [0.29, 0.717) is 21.4 Å². The van der Waals surface area contributed by atoms with Crippen molar-refractivity contribution in [2.75, 3.05) is 0 Å². The van der Waals surface area contributed by atoms with Gasteiger partial charge in [-0.1, -0.05) is 15.9 Å². The second-order valence-corrected chi connectivity index (χ2v) is 3.62. The molecule has 0 aliphatic rings. The van der Waals surface area contributed by atoms with Crippen LogP contribution < -0.4 is 0 Å². The van der Waals surface area contributed by atoms with Crippen LogP contribution in [0.4, 0.5) is 0 Å². The van der Waals surface area contributed by atoms with Crippen molar-refractivity contribution >= 4 is 34.5 Å². The molecule has 0 unspecified atom stereocenters. The highest BCUT2D eigenvalue weighted by atomic mass is 79.9. The van der Waals surface area contributed by atoms with Crippen molar-refractivity contribution in [1.82, 2.24) is 0 Å². The van der Waals surface area contributed by atoms with Gasteiger partial charge in [0, 0.05) is 10.2 Å². The highest BCUT2D eigenvalue weighted by Crippen LogP contribution is 2.21. The summed E-state index contributed by atoms with van der Waals surface area (Å²) in [6, 6.07) is 4.86. The molecule has 1 rings (SSSR count). The van der Waals surface area contributed by atoms with Crippen molar-refractivity contribution in [2.45, 2.75) is 10.2 Å². The van der Waals surface area contributed by atoms with Crippen molar-refractivity contribution in [3.05, 3.63) is 28.8 Å². The van der Waals surface area contributed by atoms with Crippen LogP contribution >= 0.6 is 28.6 Å². The van der Waals surface area contributed by atoms with E-state index in [9.17, 15) is 4.79 Å². The first-order valence-electron chi connectivity index (χ1n) is 3.65. The Hall–Kier alpha value is -0.990. The van der Waals surface area contributed by atoms with Crippen LogP contribution in [0.25, 0.3) is 0 Å². The van der Waals surface area contributed by atoms with Crippen LogP contribution in [0.15, 0.2) is 17.0 Å². The lowest BCUT2D eigenvalue weighted by molar-refractivity contribution is 0.0696. The summed E-state index contributed by atoms with van der Waals surface area (Å²) >= 11 is 7.19. The number of carboxylic acid groups (broad SMARTS) is 1. The van der Waals surface area contributed by atoms with Gasteiger partial charge in [0.2, 0.25) is 0 Å². The van der Waals surface area contributed by atoms with Crippen LogP contribution in [0.5, 0.6) is 0 Å². The van der Waals surface area contributed by atoms with Gasteiger partial charge in [-0.3, -0.25) is 0 Å². The number of thiol groups is 1. The molecule has 1 aromatic rings. The third kappa shape index (κ3) is 2.08. The summed E-state index contributed by atoms with van der Waals surface area (Å²) in [4.78, 5) is 11.2. The van der Waals surface area contributed by atoms with Gasteiger partial charge in [-0.15, -0.1) is 12.6 Å². The molecule has 72 valence electrons. The Labute approximate surface area is 94.9 Å². The highest BCUT2D eigenvalue weighted by Gasteiger charge is 2.12. The number of aromatic carboxylic acids is 1. The summed E-state index contributed by atoms with van der Waals surface area (Å²) in [6.07, 6.45) is 0. The maximum atomic E-state index is 10.8. The molecule has 0 saturated heterocycles. The molecule has 14 heavy (non-hydrogen) atoms. The van der Waals surface area contributed by atoms with E-state index in [4.69, 9.17) is 10.4 Å². The molecule has 0 aliphatic heterocycles. The molecule has 0 heterocycles. The Morgan fingerprint density at radius 2 is 2.29 bits per heavy atom. The van der Waals surface area contributed by atoms with Crippen LogP contribution in [-0.4, -0.2) is 11.1 Å². The molecular weight excluding hydrogens is 266 g/mol. The van der Waals surface area contributed by atoms with E-state index in [1.165, 1.54) is 12.1 Å². The lowest BCUT2D eigenvalue weighted by Crippen LogP contribution is -2.02. The molecule has 0 atom stereocenters. The Morgan fingerprint density at radius 1 is 1.64 bits per heavy atom. The van der Waals surface area contributed by atoms with E-state index in [0.717, 1.165) is 0 Å². The predicted molar refractivity (Wildman–Crippen MR) is 58.0 cm³/mol. The number of nitriles is 1. The maximum Gasteiger partial charge on any atom is 0.336 e. The van der Waals surface area contributed by atoms with Gasteiger partial charge in [0.15, 0.2) is 0 Å². The van der Waals surface area contributed by atoms with Gasteiger partial charge in [0.1, 0.15) is 6.07 Å². The van der Waals surface area contributed by atoms with Gasteiger partial charge in [-0.2, -0.15) is 5.26 Å². The number of hydrogen-bond acceptors (Lipinski definition) is 3. The van der Waals surface area contributed by atoms with Gasteiger partial charge in [0.25, 0.3) is 0 Å². The van der Waals surface area contributed by atoms with Crippen molar-refractivity contribution in [1.29, 1.82) is 5.26 Å². The number of nitrogens with zero attached hydrogens (tertiary/aromatic N) is 1. The van der Waals surface area contributed by atoms with Crippen LogP contribution in [0.3, 0.4) is 0 Å². The molecule has 0 spiro atoms. The molecule has 0 radical (unpaired) electrons. The zero-order valence-corrected chi connectivity index (χ0v) is 9.47. The number of alkyl halides is 1. The van der Waals surface area contributed by atoms with Gasteiger partial charge in [-0.05, 0) is 17.7 Å². The molecule has 3 nitrogen and oxygen atoms in total. The summed E-state index contributed by atoms with van der Waals surface area (Å²) < 4.78 is 0. The van der Waals surface area contributed by atoms with E-state index in [1.54, 1.807) is 0 Å². The normalized spacial score (nSPS) is 9.50. The van der Waals surface area contributed by atoms with Gasteiger partial charge in [0.05, 0.1) is 11.1 Å². The zero-order valence-electron chi connectivity index (χ0n) is 6.99. The molecular formula is C9H6BrNO2S. The average Bonchev–Trinajstić information content (AvgIpc) is 2.17. The highest BCUT2D eigenvalue weighted by molar-refractivity contribution is 9.08. The number of halogens is 1. The molecule has 1 N–H and O–H groups in total. The molecule has 0 saturated carbocycles. The van der Waals surface area contributed by atoms with E-state index in [1.807, 2.05) is 6.07 Å². The molecule has 0 fully saturated rings. The third-order valence-corrected chi connectivity index (χ3v) is 2.69. The van der Waals surface area contributed by atoms with Crippen molar-refractivity contribution in [3.8, 4) is 6.07 Å². The minimum Gasteiger partial charge on any atom is -0.478 e. The predicted octanol–water partition coefficient (Wildman–Crippen LogP) is 2.44. The molecule has 0 amide bonds.